The summed E-state index contributed by atoms with van der Waals surface area (Å²) in [4.78, 5) is 22.4. The normalized spacial score (nSPS) is 14.9. The van der Waals surface area contributed by atoms with Crippen LogP contribution in [-0.2, 0) is 9.59 Å². The lowest BCUT2D eigenvalue weighted by Crippen LogP contribution is -2.57. The van der Waals surface area contributed by atoms with E-state index in [4.69, 9.17) is 10.2 Å². The minimum atomic E-state index is -6.61. The second-order valence-corrected chi connectivity index (χ2v) is 13.0. The maximum atomic E-state index is 13.8. The molecule has 0 aromatic heterocycles. The highest BCUT2D eigenvalue weighted by Crippen LogP contribution is 2.51. The average Bonchev–Trinajstić information content (AvgIpc) is 2.47. The van der Waals surface area contributed by atoms with Crippen molar-refractivity contribution < 1.29 is 54.9 Å². The Morgan fingerprint density at radius 3 is 1.64 bits per heavy atom. The molecule has 13 heteroatoms. The fourth-order valence-electron chi connectivity index (χ4n) is 2.21. The largest absolute Gasteiger partial charge is 0.478 e. The molecule has 0 amide bonds. The maximum absolute atomic E-state index is 13.8. The van der Waals surface area contributed by atoms with Crippen molar-refractivity contribution in [2.24, 2.45) is 0 Å². The third-order valence-corrected chi connectivity index (χ3v) is 5.64. The van der Waals surface area contributed by atoms with Gasteiger partial charge in [0.05, 0.1) is 12.0 Å². The Hall–Kier alpha value is -1.66. The number of halogens is 8. The average molecular weight is 444 g/mol. The first kappa shape index (κ1) is 26.3. The van der Waals surface area contributed by atoms with Gasteiger partial charge in [-0.1, -0.05) is 32.1 Å². The number of alkyl halides is 8. The van der Waals surface area contributed by atoms with Crippen LogP contribution in [0.3, 0.4) is 0 Å². The second-order valence-electron chi connectivity index (χ2n) is 7.36. The Labute approximate surface area is 156 Å². The number of hydrogen-bond donors (Lipinski definition) is 2. The number of hydrogen-bond acceptors (Lipinski definition) is 2. The molecule has 0 aliphatic rings. The van der Waals surface area contributed by atoms with Gasteiger partial charge in [0.15, 0.2) is 0 Å². The summed E-state index contributed by atoms with van der Waals surface area (Å²) in [6, 6.07) is 0.437. The van der Waals surface area contributed by atoms with Gasteiger partial charge in [-0.2, -0.15) is 26.3 Å². The fourth-order valence-corrected chi connectivity index (χ4v) is 3.45. The Kier molecular flexibility index (Phi) is 8.26. The van der Waals surface area contributed by atoms with Crippen LogP contribution in [0.2, 0.25) is 25.7 Å². The Balaban J connectivity index is 6.03. The Bertz CT molecular complexity index is 626. The molecule has 2 N–H and O–H groups in total. The zero-order valence-corrected chi connectivity index (χ0v) is 16.1. The summed E-state index contributed by atoms with van der Waals surface area (Å²) >= 11 is 0. The molecule has 0 aliphatic heterocycles. The fraction of sp³-hybridized carbons (Fsp3) is 0.733. The first-order valence-corrected chi connectivity index (χ1v) is 11.6. The van der Waals surface area contributed by atoms with Gasteiger partial charge in [-0.25, -0.2) is 18.4 Å². The third kappa shape index (κ3) is 6.17. The van der Waals surface area contributed by atoms with E-state index in [1.807, 2.05) is 19.6 Å². The molecule has 0 rings (SSSR count). The van der Waals surface area contributed by atoms with Gasteiger partial charge < -0.3 is 10.2 Å². The molecule has 0 saturated carbocycles. The predicted molar refractivity (Wildman–Crippen MR) is 85.1 cm³/mol. The van der Waals surface area contributed by atoms with Gasteiger partial charge in [-0.3, -0.25) is 0 Å². The van der Waals surface area contributed by atoms with Gasteiger partial charge >= 0.3 is 36.1 Å². The van der Waals surface area contributed by atoms with Crippen molar-refractivity contribution in [2.45, 2.75) is 69.1 Å². The SMILES string of the molecule is C[Si](C)(C)CCCC(C(=O)O)=C(CC(F)(F)C(F)(F)C(F)(F)C(F)F)C(=O)O. The van der Waals surface area contributed by atoms with E-state index in [1.165, 1.54) is 0 Å². The van der Waals surface area contributed by atoms with Crippen molar-refractivity contribution in [1.82, 2.24) is 0 Å². The highest BCUT2D eigenvalue weighted by molar-refractivity contribution is 6.76. The van der Waals surface area contributed by atoms with Gasteiger partial charge in [-0.05, 0) is 6.42 Å². The van der Waals surface area contributed by atoms with E-state index in [-0.39, 0.29) is 6.42 Å². The summed E-state index contributed by atoms with van der Waals surface area (Å²) in [7, 11) is -1.75. The lowest BCUT2D eigenvalue weighted by Gasteiger charge is -2.32. The van der Waals surface area contributed by atoms with E-state index in [2.05, 4.69) is 0 Å². The van der Waals surface area contributed by atoms with Crippen molar-refractivity contribution in [3.8, 4) is 0 Å². The molecule has 0 unspecified atom stereocenters. The third-order valence-electron chi connectivity index (χ3n) is 3.79. The van der Waals surface area contributed by atoms with E-state index in [9.17, 15) is 44.7 Å². The predicted octanol–water partition coefficient (Wildman–Crippen LogP) is 5.13. The molecule has 0 spiro atoms. The number of carbonyl (C=O) groups is 2. The van der Waals surface area contributed by atoms with Crippen LogP contribution in [0.5, 0.6) is 0 Å². The molecule has 0 bridgehead atoms. The van der Waals surface area contributed by atoms with Crippen molar-refractivity contribution in [3.05, 3.63) is 11.1 Å². The highest BCUT2D eigenvalue weighted by atomic mass is 28.3. The van der Waals surface area contributed by atoms with Gasteiger partial charge in [-0.15, -0.1) is 0 Å². The highest BCUT2D eigenvalue weighted by Gasteiger charge is 2.75. The van der Waals surface area contributed by atoms with E-state index in [0.29, 0.717) is 6.04 Å². The molecule has 0 saturated heterocycles. The van der Waals surface area contributed by atoms with Gasteiger partial charge in [0.25, 0.3) is 0 Å². The first-order valence-electron chi connectivity index (χ1n) is 7.88. The van der Waals surface area contributed by atoms with E-state index < -0.39 is 68.2 Å². The summed E-state index contributed by atoms with van der Waals surface area (Å²) in [5, 5.41) is 18.0. The molecule has 0 radical (unpaired) electrons. The number of aliphatic carboxylic acids is 2. The van der Waals surface area contributed by atoms with Gasteiger partial charge in [0.1, 0.15) is 0 Å². The van der Waals surface area contributed by atoms with Crippen molar-refractivity contribution >= 4 is 20.0 Å². The molecule has 0 aliphatic carbocycles. The van der Waals surface area contributed by atoms with Crippen LogP contribution in [0, 0.1) is 0 Å². The Morgan fingerprint density at radius 1 is 0.893 bits per heavy atom. The molecule has 0 aromatic carbocycles. The van der Waals surface area contributed by atoms with Crippen molar-refractivity contribution in [2.75, 3.05) is 0 Å². The monoisotopic (exact) mass is 444 g/mol. The molecular weight excluding hydrogens is 424 g/mol. The van der Waals surface area contributed by atoms with Crippen LogP contribution in [0.25, 0.3) is 0 Å². The zero-order chi connectivity index (χ0) is 22.7. The lowest BCUT2D eigenvalue weighted by atomic mass is 9.93. The summed E-state index contributed by atoms with van der Waals surface area (Å²) < 4.78 is 104. The number of carboxylic acids is 2. The van der Waals surface area contributed by atoms with Crippen LogP contribution < -0.4 is 0 Å². The summed E-state index contributed by atoms with van der Waals surface area (Å²) in [6.45, 7) is 5.61. The minimum absolute atomic E-state index is 0.0310. The second kappa shape index (κ2) is 8.78. The summed E-state index contributed by atoms with van der Waals surface area (Å²) in [5.41, 5.74) is -2.90. The van der Waals surface area contributed by atoms with E-state index in [1.54, 1.807) is 0 Å². The molecule has 4 nitrogen and oxygen atoms in total. The molecule has 0 atom stereocenters. The number of carboxylic acid groups (broad SMARTS) is 2. The first-order chi connectivity index (χ1) is 12.3. The molecule has 0 heterocycles. The van der Waals surface area contributed by atoms with Crippen LogP contribution in [0.4, 0.5) is 35.1 Å². The van der Waals surface area contributed by atoms with Gasteiger partial charge in [0, 0.05) is 13.6 Å². The van der Waals surface area contributed by atoms with E-state index in [0.717, 1.165) is 0 Å². The number of rotatable bonds is 11. The molecule has 0 fully saturated rings. The zero-order valence-electron chi connectivity index (χ0n) is 15.1. The minimum Gasteiger partial charge on any atom is -0.478 e. The smallest absolute Gasteiger partial charge is 0.378 e. The molecular formula is C15H20F8O4Si. The van der Waals surface area contributed by atoms with Crippen LogP contribution in [0.1, 0.15) is 19.3 Å². The standard InChI is InChI=1S/C15H20F8O4Si/c1-28(2,3)6-4-5-8(10(24)25)9(11(26)27)7-13(18,19)15(22,23)14(20,21)12(16)17/h12H,4-7H2,1-3H3,(H,24,25)(H,26,27). The van der Waals surface area contributed by atoms with Crippen LogP contribution >= 0.6 is 0 Å². The molecule has 164 valence electrons. The molecule has 28 heavy (non-hydrogen) atoms. The maximum Gasteiger partial charge on any atom is 0.378 e. The van der Waals surface area contributed by atoms with Crippen molar-refractivity contribution in [1.29, 1.82) is 0 Å². The van der Waals surface area contributed by atoms with Crippen LogP contribution in [0.15, 0.2) is 11.1 Å². The summed E-state index contributed by atoms with van der Waals surface area (Å²) in [5.74, 6) is -23.4. The molecule has 0 aromatic rings. The lowest BCUT2D eigenvalue weighted by molar-refractivity contribution is -0.337. The van der Waals surface area contributed by atoms with Crippen LogP contribution in [-0.4, -0.2) is 54.4 Å². The quantitative estimate of drug-likeness (QED) is 0.263. The van der Waals surface area contributed by atoms with Crippen molar-refractivity contribution in [3.63, 3.8) is 0 Å². The topological polar surface area (TPSA) is 74.6 Å². The van der Waals surface area contributed by atoms with Gasteiger partial charge in [0.2, 0.25) is 0 Å². The summed E-state index contributed by atoms with van der Waals surface area (Å²) in [6.07, 6.45) is -8.36. The van der Waals surface area contributed by atoms with E-state index >= 15 is 0 Å². The Morgan fingerprint density at radius 2 is 1.32 bits per heavy atom.